The van der Waals surface area contributed by atoms with E-state index in [1.54, 1.807) is 29.2 Å². The molecule has 0 radical (unpaired) electrons. The molecule has 2 heterocycles. The van der Waals surface area contributed by atoms with Crippen LogP contribution in [0.25, 0.3) is 0 Å². The summed E-state index contributed by atoms with van der Waals surface area (Å²) in [4.78, 5) is 23.7. The lowest BCUT2D eigenvalue weighted by Gasteiger charge is -2.45. The van der Waals surface area contributed by atoms with E-state index < -0.39 is 10.0 Å². The summed E-state index contributed by atoms with van der Waals surface area (Å²) in [5, 5.41) is 6.95. The lowest BCUT2D eigenvalue weighted by molar-refractivity contribution is 0.191. The first-order valence-corrected chi connectivity index (χ1v) is 12.6. The Kier molecular flexibility index (Phi) is 5.85. The summed E-state index contributed by atoms with van der Waals surface area (Å²) in [6.07, 6.45) is 7.06. The van der Waals surface area contributed by atoms with Crippen molar-refractivity contribution in [2.24, 2.45) is 0 Å². The number of hydrogen-bond donors (Lipinski definition) is 2. The molecule has 1 aliphatic carbocycles. The molecule has 4 rings (SSSR count). The van der Waals surface area contributed by atoms with Crippen LogP contribution in [0.3, 0.4) is 0 Å². The number of anilines is 5. The quantitative estimate of drug-likeness (QED) is 0.680. The van der Waals surface area contributed by atoms with Gasteiger partial charge in [-0.2, -0.15) is 4.98 Å². The van der Waals surface area contributed by atoms with Crippen LogP contribution in [0, 0.1) is 6.92 Å². The molecule has 2 N–H and O–H groups in total. The number of aromatic nitrogens is 2. The molecule has 10 nitrogen and oxygen atoms in total. The largest absolute Gasteiger partial charge is 0.343 e. The summed E-state index contributed by atoms with van der Waals surface area (Å²) in [6, 6.07) is 5.51. The maximum Gasteiger partial charge on any atom is 0.343 e. The zero-order chi connectivity index (χ0) is 23.0. The molecule has 2 amide bonds. The molecule has 0 saturated heterocycles. The molecule has 1 fully saturated rings. The van der Waals surface area contributed by atoms with Gasteiger partial charge in [-0.1, -0.05) is 18.9 Å². The molecular weight excluding hydrogens is 430 g/mol. The van der Waals surface area contributed by atoms with Crippen LogP contribution in [-0.4, -0.2) is 55.3 Å². The zero-order valence-electron chi connectivity index (χ0n) is 18.8. The third-order valence-electron chi connectivity index (χ3n) is 5.86. The summed E-state index contributed by atoms with van der Waals surface area (Å²) < 4.78 is 25.9. The second-order valence-electron chi connectivity index (χ2n) is 8.27. The van der Waals surface area contributed by atoms with Gasteiger partial charge in [0.15, 0.2) is 5.82 Å². The van der Waals surface area contributed by atoms with Crippen LogP contribution in [0.2, 0.25) is 0 Å². The minimum Gasteiger partial charge on any atom is -0.324 e. The predicted molar refractivity (Wildman–Crippen MR) is 126 cm³/mol. The molecule has 1 aromatic carbocycles. The van der Waals surface area contributed by atoms with Gasteiger partial charge in [-0.3, -0.25) is 14.6 Å². The average Bonchev–Trinajstić information content (AvgIpc) is 3.26. The van der Waals surface area contributed by atoms with E-state index in [0.29, 0.717) is 35.4 Å². The summed E-state index contributed by atoms with van der Waals surface area (Å²) >= 11 is 0. The monoisotopic (exact) mass is 459 g/mol. The van der Waals surface area contributed by atoms with Gasteiger partial charge in [0.1, 0.15) is 5.69 Å². The maximum atomic E-state index is 12.9. The number of hydrogen-bond acceptors (Lipinski definition) is 7. The molecule has 1 saturated carbocycles. The van der Waals surface area contributed by atoms with E-state index in [1.807, 2.05) is 31.0 Å². The van der Waals surface area contributed by atoms with E-state index in [-0.39, 0.29) is 12.1 Å². The number of carbonyl (C=O) groups is 1. The second-order valence-corrected chi connectivity index (χ2v) is 10.0. The Morgan fingerprint density at radius 1 is 1.22 bits per heavy atom. The molecule has 172 valence electrons. The van der Waals surface area contributed by atoms with Crippen LogP contribution >= 0.6 is 0 Å². The molecule has 0 bridgehead atoms. The fourth-order valence-electron chi connectivity index (χ4n) is 4.26. The van der Waals surface area contributed by atoms with Gasteiger partial charge < -0.3 is 5.32 Å². The van der Waals surface area contributed by atoms with E-state index in [4.69, 9.17) is 4.98 Å². The number of amides is 2. The molecule has 0 atom stereocenters. The number of nitrogens with zero attached hydrogens (tertiary/aromatic N) is 5. The highest BCUT2D eigenvalue weighted by Crippen LogP contribution is 2.39. The van der Waals surface area contributed by atoms with Crippen molar-refractivity contribution in [2.45, 2.75) is 45.6 Å². The standard InChI is InChI=1S/C21H29N7O3S/c1-5-27-21(29)26(3)18-13-22-20(24-19(18)28(27)16-8-6-7-9-16)23-15-11-10-14(2)17(12-15)25-32(4,30)31/h10-13,16,25H,5-9H2,1-4H3,(H,22,23,24). The molecule has 1 aliphatic heterocycles. The van der Waals surface area contributed by atoms with E-state index in [9.17, 15) is 13.2 Å². The molecule has 1 aromatic heterocycles. The van der Waals surface area contributed by atoms with Crippen LogP contribution < -0.4 is 19.9 Å². The second kappa shape index (κ2) is 8.45. The predicted octanol–water partition coefficient (Wildman–Crippen LogP) is 3.46. The third-order valence-corrected chi connectivity index (χ3v) is 6.45. The van der Waals surface area contributed by atoms with Crippen molar-refractivity contribution in [3.05, 3.63) is 30.0 Å². The third kappa shape index (κ3) is 4.29. The lowest BCUT2D eigenvalue weighted by Crippen LogP contribution is -2.59. The van der Waals surface area contributed by atoms with Gasteiger partial charge >= 0.3 is 6.03 Å². The Hall–Kier alpha value is -3.08. The molecule has 0 spiro atoms. The van der Waals surface area contributed by atoms with Crippen molar-refractivity contribution in [1.82, 2.24) is 15.0 Å². The van der Waals surface area contributed by atoms with Crippen molar-refractivity contribution in [1.29, 1.82) is 0 Å². The number of carbonyl (C=O) groups excluding carboxylic acids is 1. The zero-order valence-corrected chi connectivity index (χ0v) is 19.6. The molecule has 11 heteroatoms. The van der Waals surface area contributed by atoms with Gasteiger partial charge in [0.05, 0.1) is 24.2 Å². The van der Waals surface area contributed by atoms with Crippen molar-refractivity contribution >= 4 is 44.9 Å². The summed E-state index contributed by atoms with van der Waals surface area (Å²) in [5.41, 5.74) is 2.62. The maximum absolute atomic E-state index is 12.9. The van der Waals surface area contributed by atoms with Gasteiger partial charge in [-0.15, -0.1) is 0 Å². The van der Waals surface area contributed by atoms with Crippen LogP contribution in [-0.2, 0) is 10.0 Å². The first-order chi connectivity index (χ1) is 15.2. The number of nitrogens with one attached hydrogen (secondary N) is 2. The van der Waals surface area contributed by atoms with Gasteiger partial charge in [0.2, 0.25) is 16.0 Å². The first-order valence-electron chi connectivity index (χ1n) is 10.7. The Labute approximate surface area is 188 Å². The van der Waals surface area contributed by atoms with Gasteiger partial charge in [-0.25, -0.2) is 23.2 Å². The fraction of sp³-hybridized carbons (Fsp3) is 0.476. The van der Waals surface area contributed by atoms with Crippen molar-refractivity contribution in [3.8, 4) is 0 Å². The van der Waals surface area contributed by atoms with Crippen LogP contribution in [0.4, 0.5) is 33.6 Å². The number of aryl methyl sites for hydroxylation is 1. The number of sulfonamides is 1. The van der Waals surface area contributed by atoms with Crippen LogP contribution in [0.5, 0.6) is 0 Å². The minimum absolute atomic E-state index is 0.0914. The normalized spacial score (nSPS) is 17.0. The Morgan fingerprint density at radius 2 is 1.94 bits per heavy atom. The number of fused-ring (bicyclic) bond motifs is 1. The van der Waals surface area contributed by atoms with E-state index >= 15 is 0 Å². The molecule has 32 heavy (non-hydrogen) atoms. The van der Waals surface area contributed by atoms with E-state index in [2.05, 4.69) is 15.0 Å². The molecule has 2 aromatic rings. The average molecular weight is 460 g/mol. The minimum atomic E-state index is -3.40. The number of rotatable bonds is 6. The molecular formula is C21H29N7O3S. The highest BCUT2D eigenvalue weighted by atomic mass is 32.2. The Morgan fingerprint density at radius 3 is 2.59 bits per heavy atom. The van der Waals surface area contributed by atoms with Crippen molar-refractivity contribution in [3.63, 3.8) is 0 Å². The fourth-order valence-corrected chi connectivity index (χ4v) is 4.88. The molecule has 0 unspecified atom stereocenters. The highest BCUT2D eigenvalue weighted by Gasteiger charge is 2.39. The summed E-state index contributed by atoms with van der Waals surface area (Å²) in [7, 11) is -1.67. The smallest absolute Gasteiger partial charge is 0.324 e. The topological polar surface area (TPSA) is 111 Å². The van der Waals surface area contributed by atoms with Gasteiger partial charge in [0, 0.05) is 19.3 Å². The van der Waals surface area contributed by atoms with E-state index in [1.165, 1.54) is 0 Å². The summed E-state index contributed by atoms with van der Waals surface area (Å²) in [6.45, 7) is 4.34. The van der Waals surface area contributed by atoms with Crippen molar-refractivity contribution < 1.29 is 13.2 Å². The van der Waals surface area contributed by atoms with E-state index in [0.717, 1.165) is 37.5 Å². The van der Waals surface area contributed by atoms with Crippen molar-refractivity contribution in [2.75, 3.05) is 39.8 Å². The summed E-state index contributed by atoms with van der Waals surface area (Å²) in [5.74, 6) is 1.07. The molecule has 2 aliphatic rings. The number of benzene rings is 1. The van der Waals surface area contributed by atoms with Crippen LogP contribution in [0.1, 0.15) is 38.2 Å². The number of hydrazine groups is 1. The van der Waals surface area contributed by atoms with Gasteiger partial charge in [-0.05, 0) is 44.4 Å². The van der Waals surface area contributed by atoms with Crippen LogP contribution in [0.15, 0.2) is 24.4 Å². The highest BCUT2D eigenvalue weighted by molar-refractivity contribution is 7.92. The Bertz CT molecular complexity index is 1130. The van der Waals surface area contributed by atoms with Gasteiger partial charge in [0.25, 0.3) is 0 Å². The first kappa shape index (κ1) is 22.1. The Balaban J connectivity index is 1.69. The lowest BCUT2D eigenvalue weighted by atomic mass is 10.2. The number of urea groups is 1. The SMILES string of the molecule is CCN1C(=O)N(C)c2cnc(Nc3ccc(C)c(NS(C)(=O)=O)c3)nc2N1C1CCCC1.